The van der Waals surface area contributed by atoms with Crippen LogP contribution in [0, 0.1) is 26.7 Å². The summed E-state index contributed by atoms with van der Waals surface area (Å²) in [6.45, 7) is 8.43. The lowest BCUT2D eigenvalue weighted by molar-refractivity contribution is 0.308. The summed E-state index contributed by atoms with van der Waals surface area (Å²) in [6.07, 6.45) is 6.50. The molecule has 1 saturated heterocycles. The summed E-state index contributed by atoms with van der Waals surface area (Å²) in [4.78, 5) is 12.5. The number of hydrogen-bond acceptors (Lipinski definition) is 7. The topological polar surface area (TPSA) is 92.4 Å². The molecule has 3 aliphatic rings. The predicted molar refractivity (Wildman–Crippen MR) is 117 cm³/mol. The van der Waals surface area contributed by atoms with Crippen molar-refractivity contribution in [3.63, 3.8) is 0 Å². The minimum atomic E-state index is -3.66. The summed E-state index contributed by atoms with van der Waals surface area (Å²) in [5.74, 6) is 3.02. The highest BCUT2D eigenvalue weighted by molar-refractivity contribution is 7.89. The molecule has 8 nitrogen and oxygen atoms in total. The van der Waals surface area contributed by atoms with Gasteiger partial charge in [-0.15, -0.1) is 0 Å². The molecule has 0 radical (unpaired) electrons. The van der Waals surface area contributed by atoms with Gasteiger partial charge in [-0.2, -0.15) is 4.31 Å². The Morgan fingerprint density at radius 2 is 1.84 bits per heavy atom. The quantitative estimate of drug-likeness (QED) is 0.698. The van der Waals surface area contributed by atoms with E-state index in [1.807, 2.05) is 0 Å². The maximum Gasteiger partial charge on any atom is 0.248 e. The Hall–Kier alpha value is -2.00. The van der Waals surface area contributed by atoms with Crippen molar-refractivity contribution < 1.29 is 12.9 Å². The number of piperidine rings is 1. The molecule has 0 aromatic carbocycles. The highest BCUT2D eigenvalue weighted by atomic mass is 32.2. The van der Waals surface area contributed by atoms with E-state index in [1.54, 1.807) is 18.2 Å². The average Bonchev–Trinajstić information content (AvgIpc) is 3.50. The molecule has 168 valence electrons. The van der Waals surface area contributed by atoms with Crippen LogP contribution >= 0.6 is 0 Å². The van der Waals surface area contributed by atoms with Crippen LogP contribution in [-0.4, -0.2) is 54.0 Å². The predicted octanol–water partition coefficient (Wildman–Crippen LogP) is 3.12. The molecule has 2 fully saturated rings. The van der Waals surface area contributed by atoms with Crippen molar-refractivity contribution in [2.45, 2.75) is 70.1 Å². The molecule has 31 heavy (non-hydrogen) atoms. The van der Waals surface area contributed by atoms with Gasteiger partial charge in [0.25, 0.3) is 0 Å². The van der Waals surface area contributed by atoms with Crippen LogP contribution in [0.2, 0.25) is 0 Å². The van der Waals surface area contributed by atoms with Crippen molar-refractivity contribution in [2.24, 2.45) is 5.92 Å². The molecule has 0 amide bonds. The van der Waals surface area contributed by atoms with Gasteiger partial charge in [0.15, 0.2) is 5.76 Å². The molecule has 1 saturated carbocycles. The highest BCUT2D eigenvalue weighted by Crippen LogP contribution is 2.36. The summed E-state index contributed by atoms with van der Waals surface area (Å²) >= 11 is 0. The van der Waals surface area contributed by atoms with Crippen molar-refractivity contribution in [2.75, 3.05) is 31.1 Å². The van der Waals surface area contributed by atoms with Gasteiger partial charge < -0.3 is 9.42 Å². The van der Waals surface area contributed by atoms with E-state index in [0.29, 0.717) is 24.5 Å². The Labute approximate surface area is 184 Å². The fourth-order valence-electron chi connectivity index (χ4n) is 5.02. The van der Waals surface area contributed by atoms with Crippen molar-refractivity contribution in [3.8, 4) is 0 Å². The maximum absolute atomic E-state index is 13.3. The Balaban J connectivity index is 1.43. The van der Waals surface area contributed by atoms with Crippen LogP contribution in [0.5, 0.6) is 0 Å². The third kappa shape index (κ3) is 3.86. The third-order valence-corrected chi connectivity index (χ3v) is 8.96. The average molecular weight is 446 g/mol. The van der Waals surface area contributed by atoms with Gasteiger partial charge in [0.2, 0.25) is 10.0 Å². The molecule has 0 N–H and O–H groups in total. The Bertz CT molecular complexity index is 1070. The van der Waals surface area contributed by atoms with Gasteiger partial charge in [-0.1, -0.05) is 5.16 Å². The van der Waals surface area contributed by atoms with Gasteiger partial charge in [0, 0.05) is 43.4 Å². The molecule has 1 atom stereocenters. The summed E-state index contributed by atoms with van der Waals surface area (Å²) in [6, 6.07) is 0. The molecule has 4 heterocycles. The number of nitrogens with zero attached hydrogens (tertiary/aromatic N) is 5. The summed E-state index contributed by atoms with van der Waals surface area (Å²) in [7, 11) is -3.66. The largest absolute Gasteiger partial charge is 0.360 e. The van der Waals surface area contributed by atoms with Crippen molar-refractivity contribution in [1.82, 2.24) is 19.4 Å². The molecule has 2 aromatic rings. The van der Waals surface area contributed by atoms with Crippen LogP contribution in [-0.2, 0) is 16.4 Å². The summed E-state index contributed by atoms with van der Waals surface area (Å²) in [5, 5.41) is 3.84. The fourth-order valence-corrected chi connectivity index (χ4v) is 6.84. The van der Waals surface area contributed by atoms with E-state index >= 15 is 0 Å². The van der Waals surface area contributed by atoms with E-state index in [2.05, 4.69) is 17.0 Å². The van der Waals surface area contributed by atoms with Crippen molar-refractivity contribution >= 4 is 15.8 Å². The lowest BCUT2D eigenvalue weighted by Crippen LogP contribution is -2.40. The zero-order chi connectivity index (χ0) is 21.8. The second-order valence-corrected chi connectivity index (χ2v) is 11.2. The molecule has 0 spiro atoms. The van der Waals surface area contributed by atoms with E-state index in [1.165, 1.54) is 18.4 Å². The zero-order valence-corrected chi connectivity index (χ0v) is 19.4. The van der Waals surface area contributed by atoms with Gasteiger partial charge in [-0.05, 0) is 65.2 Å². The van der Waals surface area contributed by atoms with Crippen LogP contribution < -0.4 is 4.90 Å². The highest BCUT2D eigenvalue weighted by Gasteiger charge is 2.36. The molecule has 0 unspecified atom stereocenters. The third-order valence-electron chi connectivity index (χ3n) is 6.85. The Morgan fingerprint density at radius 1 is 1.03 bits per heavy atom. The first kappa shape index (κ1) is 20.9. The molecule has 1 aliphatic carbocycles. The second kappa shape index (κ2) is 7.85. The van der Waals surface area contributed by atoms with Gasteiger partial charge in [0.05, 0.1) is 0 Å². The molecular formula is C22H31N5O3S. The number of hydrogen-bond donors (Lipinski definition) is 0. The van der Waals surface area contributed by atoms with Crippen molar-refractivity contribution in [3.05, 3.63) is 28.5 Å². The van der Waals surface area contributed by atoms with E-state index in [0.717, 1.165) is 62.0 Å². The molecule has 2 aromatic heterocycles. The lowest BCUT2D eigenvalue weighted by atomic mass is 9.97. The Kier molecular flexibility index (Phi) is 5.29. The van der Waals surface area contributed by atoms with E-state index in [-0.39, 0.29) is 10.8 Å². The molecule has 2 aliphatic heterocycles. The second-order valence-electron chi connectivity index (χ2n) is 9.32. The summed E-state index contributed by atoms with van der Waals surface area (Å²) in [5.41, 5.74) is 2.73. The normalized spacial score (nSPS) is 22.5. The minimum Gasteiger partial charge on any atom is -0.360 e. The van der Waals surface area contributed by atoms with Crippen molar-refractivity contribution in [1.29, 1.82) is 0 Å². The number of rotatable bonds is 5. The molecular weight excluding hydrogens is 414 g/mol. The van der Waals surface area contributed by atoms with Crippen LogP contribution in [0.1, 0.15) is 66.6 Å². The van der Waals surface area contributed by atoms with Gasteiger partial charge in [-0.25, -0.2) is 18.4 Å². The van der Waals surface area contributed by atoms with Gasteiger partial charge in [-0.3, -0.25) is 0 Å². The first-order valence-corrected chi connectivity index (χ1v) is 12.8. The molecule has 5 rings (SSSR count). The Morgan fingerprint density at radius 3 is 2.55 bits per heavy atom. The van der Waals surface area contributed by atoms with Crippen LogP contribution in [0.3, 0.4) is 0 Å². The van der Waals surface area contributed by atoms with E-state index < -0.39 is 10.0 Å². The number of aromatic nitrogens is 3. The first-order chi connectivity index (χ1) is 14.8. The summed E-state index contributed by atoms with van der Waals surface area (Å²) < 4.78 is 33.3. The van der Waals surface area contributed by atoms with Gasteiger partial charge in [0.1, 0.15) is 22.2 Å². The van der Waals surface area contributed by atoms with Crippen LogP contribution in [0.4, 0.5) is 5.82 Å². The van der Waals surface area contributed by atoms with Gasteiger partial charge >= 0.3 is 0 Å². The fraction of sp³-hybridized carbons (Fsp3) is 0.682. The van der Waals surface area contributed by atoms with Crippen LogP contribution in [0.25, 0.3) is 0 Å². The standard InChI is InChI=1S/C22H31N5O3S/c1-14-19-7-5-10-26(12-17-8-9-17)22(19)24-21(23-14)18-6-4-11-27(13-18)31(28,29)20-15(2)25-30-16(20)3/h17-18H,4-13H2,1-3H3/t18-/m0/s1. The number of sulfonamides is 1. The number of aryl methyl sites for hydroxylation is 3. The SMILES string of the molecule is Cc1nc([C@H]2CCCN(S(=O)(=O)c3c(C)noc3C)C2)nc2c1CCCN2CC1CC1. The lowest BCUT2D eigenvalue weighted by Gasteiger charge is -2.34. The molecule has 0 bridgehead atoms. The monoisotopic (exact) mass is 445 g/mol. The van der Waals surface area contributed by atoms with Crippen LogP contribution in [0.15, 0.2) is 9.42 Å². The first-order valence-electron chi connectivity index (χ1n) is 11.4. The number of fused-ring (bicyclic) bond motifs is 1. The minimum absolute atomic E-state index is 0.00213. The smallest absolute Gasteiger partial charge is 0.248 e. The number of anilines is 1. The van der Waals surface area contributed by atoms with E-state index in [4.69, 9.17) is 14.5 Å². The zero-order valence-electron chi connectivity index (χ0n) is 18.6. The molecule has 9 heteroatoms. The van der Waals surface area contributed by atoms with E-state index in [9.17, 15) is 8.42 Å². The maximum atomic E-state index is 13.3.